The van der Waals surface area contributed by atoms with Crippen molar-refractivity contribution in [2.24, 2.45) is 0 Å². The molecule has 0 aromatic carbocycles. The molecule has 1 fully saturated rings. The summed E-state index contributed by atoms with van der Waals surface area (Å²) in [7, 11) is 0. The molecule has 8 bridgehead atoms. The van der Waals surface area contributed by atoms with Crippen molar-refractivity contribution >= 4 is 45.7 Å². The van der Waals surface area contributed by atoms with Crippen LogP contribution in [0, 0.1) is 13.8 Å². The maximum Gasteiger partial charge on any atom is 0.302 e. The predicted octanol–water partition coefficient (Wildman–Crippen LogP) is 7.81. The summed E-state index contributed by atoms with van der Waals surface area (Å²) in [6.45, 7) is 16.3. The maximum atomic E-state index is 11.0. The van der Waals surface area contributed by atoms with Gasteiger partial charge in [0.15, 0.2) is 6.29 Å². The molecule has 4 atom stereocenters. The summed E-state index contributed by atoms with van der Waals surface area (Å²) in [6, 6.07) is 11.0. The van der Waals surface area contributed by atoms with Crippen LogP contribution in [-0.2, 0) is 41.4 Å². The number of esters is 2. The van der Waals surface area contributed by atoms with E-state index in [9.17, 15) is 9.59 Å². The number of allylic oxidation sites excluding steroid dienone is 1. The molecule has 4 unspecified atom stereocenters. The van der Waals surface area contributed by atoms with E-state index >= 15 is 0 Å². The number of aromatic nitrogens is 4. The summed E-state index contributed by atoms with van der Waals surface area (Å²) < 4.78 is 21.3. The van der Waals surface area contributed by atoms with E-state index in [1.54, 1.807) is 0 Å². The first kappa shape index (κ1) is 36.0. The Hall–Kier alpha value is -4.28. The zero-order chi connectivity index (χ0) is 35.2. The molecule has 0 aliphatic carbocycles. The zero-order valence-corrected chi connectivity index (χ0v) is 30.1. The molecule has 1 saturated heterocycles. The molecule has 3 aliphatic heterocycles. The number of hydrogen-bond acceptors (Lipinski definition) is 8. The summed E-state index contributed by atoms with van der Waals surface area (Å²) in [5, 5.41) is 0. The third-order valence-electron chi connectivity index (χ3n) is 9.02. The molecular weight excluding hydrogens is 620 g/mol. The van der Waals surface area contributed by atoms with E-state index in [2.05, 4.69) is 81.0 Å². The number of nitrogens with zero attached hydrogens (tertiary/aromatic N) is 2. The first-order chi connectivity index (χ1) is 23.4. The minimum atomic E-state index is -0.418. The number of hydrogen-bond donors (Lipinski definition) is 2. The zero-order valence-electron chi connectivity index (χ0n) is 30.1. The first-order valence-corrected chi connectivity index (χ1v) is 17.4. The lowest BCUT2D eigenvalue weighted by Crippen LogP contribution is -2.41. The van der Waals surface area contributed by atoms with Gasteiger partial charge in [0.05, 0.1) is 17.5 Å². The van der Waals surface area contributed by atoms with Gasteiger partial charge in [-0.15, -0.1) is 0 Å². The number of aryl methyl sites for hydroxylation is 2. The van der Waals surface area contributed by atoms with E-state index in [1.807, 2.05) is 6.92 Å². The van der Waals surface area contributed by atoms with Gasteiger partial charge in [0.1, 0.15) is 12.7 Å². The van der Waals surface area contributed by atoms with Crippen molar-refractivity contribution < 1.29 is 28.5 Å². The second-order valence-corrected chi connectivity index (χ2v) is 13.3. The highest BCUT2D eigenvalue weighted by atomic mass is 16.7. The summed E-state index contributed by atoms with van der Waals surface area (Å²) in [5.41, 5.74) is 13.7. The number of carbonyl (C=O) groups excluding carboxylic acids is 2. The lowest BCUT2D eigenvalue weighted by Gasteiger charge is -2.34. The van der Waals surface area contributed by atoms with Gasteiger partial charge >= 0.3 is 11.9 Å². The predicted molar refractivity (Wildman–Crippen MR) is 192 cm³/mol. The fourth-order valence-corrected chi connectivity index (χ4v) is 6.39. The Kier molecular flexibility index (Phi) is 11.7. The topological polar surface area (TPSA) is 128 Å². The van der Waals surface area contributed by atoms with Crippen LogP contribution in [0.5, 0.6) is 0 Å². The minimum absolute atomic E-state index is 0.152. The van der Waals surface area contributed by atoms with Crippen LogP contribution in [0.3, 0.4) is 0 Å². The molecule has 0 spiro atoms. The molecule has 2 N–H and O–H groups in total. The van der Waals surface area contributed by atoms with Gasteiger partial charge in [0.2, 0.25) is 0 Å². The van der Waals surface area contributed by atoms with Gasteiger partial charge < -0.3 is 28.9 Å². The van der Waals surface area contributed by atoms with Crippen LogP contribution in [0.1, 0.15) is 106 Å². The fraction of sp³-hybridized carbons (Fsp3) is 0.487. The summed E-state index contributed by atoms with van der Waals surface area (Å²) >= 11 is 0. The molecule has 3 aliphatic rings. The normalized spacial score (nSPS) is 20.2. The lowest BCUT2D eigenvalue weighted by molar-refractivity contribution is -0.229. The van der Waals surface area contributed by atoms with Gasteiger partial charge in [-0.25, -0.2) is 4.98 Å². The van der Waals surface area contributed by atoms with Crippen LogP contribution in [0.25, 0.3) is 33.7 Å². The van der Waals surface area contributed by atoms with Crippen LogP contribution in [0.4, 0.5) is 0 Å². The van der Waals surface area contributed by atoms with Crippen molar-refractivity contribution in [1.82, 2.24) is 19.9 Å². The monoisotopic (exact) mass is 670 g/mol. The summed E-state index contributed by atoms with van der Waals surface area (Å²) in [5.74, 6) is -0.280. The van der Waals surface area contributed by atoms with Crippen molar-refractivity contribution in [3.05, 3.63) is 69.8 Å². The Bertz CT molecular complexity index is 1870. The second-order valence-electron chi connectivity index (χ2n) is 13.3. The molecule has 262 valence electrons. The quantitative estimate of drug-likeness (QED) is 0.244. The van der Waals surface area contributed by atoms with E-state index in [0.717, 1.165) is 64.1 Å². The van der Waals surface area contributed by atoms with Crippen LogP contribution in [0.2, 0.25) is 0 Å². The van der Waals surface area contributed by atoms with E-state index in [0.29, 0.717) is 25.4 Å². The Labute approximate surface area is 288 Å². The van der Waals surface area contributed by atoms with E-state index < -0.39 is 6.29 Å². The molecule has 6 rings (SSSR count). The average Bonchev–Trinajstić information content (AvgIpc) is 3.81. The minimum Gasteiger partial charge on any atom is -0.463 e. The highest BCUT2D eigenvalue weighted by Gasteiger charge is 2.32. The Balaban J connectivity index is 0.000000214. The summed E-state index contributed by atoms with van der Waals surface area (Å²) in [6.07, 6.45) is 5.06. The number of carbonyl (C=O) groups is 2. The largest absolute Gasteiger partial charge is 0.463 e. The molecule has 3 aromatic heterocycles. The Morgan fingerprint density at radius 2 is 1.69 bits per heavy atom. The van der Waals surface area contributed by atoms with Crippen molar-refractivity contribution in [2.45, 2.75) is 112 Å². The molecule has 0 amide bonds. The summed E-state index contributed by atoms with van der Waals surface area (Å²) in [4.78, 5) is 39.0. The number of rotatable bonds is 7. The van der Waals surface area contributed by atoms with Gasteiger partial charge in [0.25, 0.3) is 0 Å². The standard InChI is InChI=1S/C26H28N4.C13H22O6/c1-6-18-10-20-11-19-7-14(2)21(27-19)12-22-15(3)8-24(29-22)17(5)25-9-16(4)23(30-25)13-26(18)28-20;1-4-5-16-13-7-11(18-10(3)15)6-12(19-13)8-17-9(2)14/h7,9-13,15,27-28H,6,8H2,1-5H3;11-13H,4-8H2,1-3H3. The molecule has 10 nitrogen and oxygen atoms in total. The van der Waals surface area contributed by atoms with Crippen LogP contribution >= 0.6 is 0 Å². The third kappa shape index (κ3) is 9.25. The van der Waals surface area contributed by atoms with Gasteiger partial charge in [-0.1, -0.05) is 20.8 Å². The molecule has 49 heavy (non-hydrogen) atoms. The van der Waals surface area contributed by atoms with Gasteiger partial charge in [0, 0.05) is 72.7 Å². The molecule has 0 radical (unpaired) electrons. The number of ether oxygens (including phenoxy) is 4. The lowest BCUT2D eigenvalue weighted by atomic mass is 10.0. The van der Waals surface area contributed by atoms with E-state index in [1.165, 1.54) is 36.1 Å². The Morgan fingerprint density at radius 1 is 0.939 bits per heavy atom. The van der Waals surface area contributed by atoms with E-state index in [4.69, 9.17) is 28.9 Å². The van der Waals surface area contributed by atoms with Crippen molar-refractivity contribution in [1.29, 1.82) is 0 Å². The van der Waals surface area contributed by atoms with Crippen LogP contribution in [-0.4, -0.2) is 63.6 Å². The van der Waals surface area contributed by atoms with Crippen molar-refractivity contribution in [3.63, 3.8) is 0 Å². The average molecular weight is 671 g/mol. The Morgan fingerprint density at radius 3 is 2.41 bits per heavy atom. The van der Waals surface area contributed by atoms with Crippen LogP contribution in [0.15, 0.2) is 30.3 Å². The number of H-pyrrole nitrogens is 2. The molecule has 6 heterocycles. The maximum absolute atomic E-state index is 11.0. The number of fused-ring (bicyclic) bond motifs is 8. The van der Waals surface area contributed by atoms with Crippen molar-refractivity contribution in [2.75, 3.05) is 13.2 Å². The SMILES string of the molecule is CCCOC1CC(OC(C)=O)CC(COC(C)=O)O1.CCc1cc2cc3cc(C)c(cc4nc(c(C)c5nc(cc1[nH]2)C(C)=C5)CC4C)[nH]3. The molecular formula is C39H50N4O6. The van der Waals surface area contributed by atoms with E-state index in [-0.39, 0.29) is 30.8 Å². The smallest absolute Gasteiger partial charge is 0.302 e. The van der Waals surface area contributed by atoms with Gasteiger partial charge in [-0.2, -0.15) is 0 Å². The molecule has 0 saturated carbocycles. The van der Waals surface area contributed by atoms with Gasteiger partial charge in [-0.05, 0) is 98.7 Å². The fourth-order valence-electron chi connectivity index (χ4n) is 6.39. The third-order valence-corrected chi connectivity index (χ3v) is 9.02. The molecule has 10 heteroatoms. The first-order valence-electron chi connectivity index (χ1n) is 17.4. The highest BCUT2D eigenvalue weighted by molar-refractivity contribution is 5.84. The second kappa shape index (κ2) is 16.0. The van der Waals surface area contributed by atoms with Gasteiger partial charge in [-0.3, -0.25) is 14.6 Å². The highest BCUT2D eigenvalue weighted by Crippen LogP contribution is 2.30. The molecule has 3 aromatic rings. The van der Waals surface area contributed by atoms with Crippen LogP contribution < -0.4 is 0 Å². The van der Waals surface area contributed by atoms with Crippen molar-refractivity contribution in [3.8, 4) is 0 Å². The number of nitrogens with one attached hydrogen (secondary N) is 2. The number of aromatic amines is 2.